The van der Waals surface area contributed by atoms with Crippen LogP contribution in [0.2, 0.25) is 0 Å². The molecular weight excluding hydrogens is 250 g/mol. The van der Waals surface area contributed by atoms with E-state index in [2.05, 4.69) is 10.4 Å². The highest BCUT2D eigenvalue weighted by Gasteiger charge is 2.18. The second-order valence-corrected chi connectivity index (χ2v) is 5.53. The zero-order valence-corrected chi connectivity index (χ0v) is 11.8. The monoisotopic (exact) mass is 271 g/mol. The Morgan fingerprint density at radius 3 is 2.80 bits per heavy atom. The van der Waals surface area contributed by atoms with E-state index in [0.29, 0.717) is 11.8 Å². The maximum atomic E-state index is 9.41. The summed E-state index contributed by atoms with van der Waals surface area (Å²) in [5.41, 5.74) is 3.54. The van der Waals surface area contributed by atoms with Gasteiger partial charge in [0, 0.05) is 30.8 Å². The number of rotatable bonds is 3. The van der Waals surface area contributed by atoms with Crippen LogP contribution in [-0.4, -0.2) is 27.5 Å². The van der Waals surface area contributed by atoms with Crippen LogP contribution in [0.25, 0.3) is 11.1 Å². The number of hydrogen-bond acceptors (Lipinski definition) is 3. The van der Waals surface area contributed by atoms with E-state index in [4.69, 9.17) is 0 Å². The van der Waals surface area contributed by atoms with Crippen LogP contribution in [-0.2, 0) is 13.5 Å². The Kier molecular flexibility index (Phi) is 3.74. The van der Waals surface area contributed by atoms with E-state index in [1.54, 1.807) is 12.1 Å². The molecule has 106 valence electrons. The van der Waals surface area contributed by atoms with Crippen molar-refractivity contribution in [2.24, 2.45) is 7.05 Å². The first kappa shape index (κ1) is 13.2. The van der Waals surface area contributed by atoms with Crippen molar-refractivity contribution in [2.45, 2.75) is 31.7 Å². The lowest BCUT2D eigenvalue weighted by Gasteiger charge is -2.24. The largest absolute Gasteiger partial charge is 0.508 e. The van der Waals surface area contributed by atoms with E-state index in [9.17, 15) is 5.11 Å². The van der Waals surface area contributed by atoms with Crippen LogP contribution in [0.4, 0.5) is 0 Å². The molecule has 1 aliphatic heterocycles. The topological polar surface area (TPSA) is 50.1 Å². The van der Waals surface area contributed by atoms with E-state index >= 15 is 0 Å². The minimum Gasteiger partial charge on any atom is -0.508 e. The number of nitrogens with one attached hydrogen (secondary N) is 1. The van der Waals surface area contributed by atoms with Gasteiger partial charge in [-0.05, 0) is 37.1 Å². The molecule has 1 aromatic heterocycles. The first-order valence-corrected chi connectivity index (χ1v) is 7.27. The predicted octanol–water partition coefficient (Wildman–Crippen LogP) is 2.48. The Morgan fingerprint density at radius 2 is 2.10 bits per heavy atom. The van der Waals surface area contributed by atoms with Gasteiger partial charge in [-0.1, -0.05) is 18.6 Å². The van der Waals surface area contributed by atoms with E-state index in [1.165, 1.54) is 30.5 Å². The van der Waals surface area contributed by atoms with Gasteiger partial charge in [0.15, 0.2) is 0 Å². The molecule has 0 spiro atoms. The fraction of sp³-hybridized carbons (Fsp3) is 0.438. The van der Waals surface area contributed by atoms with Gasteiger partial charge in [-0.15, -0.1) is 0 Å². The Bertz CT molecular complexity index is 568. The van der Waals surface area contributed by atoms with Gasteiger partial charge in [-0.2, -0.15) is 5.10 Å². The summed E-state index contributed by atoms with van der Waals surface area (Å²) in [6.45, 7) is 1.12. The van der Waals surface area contributed by atoms with Crippen molar-refractivity contribution in [3.8, 4) is 16.9 Å². The Hall–Kier alpha value is -1.81. The van der Waals surface area contributed by atoms with E-state index in [-0.39, 0.29) is 0 Å². The summed E-state index contributed by atoms with van der Waals surface area (Å²) in [7, 11) is 2.00. The number of phenolic OH excluding ortho intramolecular Hbond substituents is 1. The second-order valence-electron chi connectivity index (χ2n) is 5.53. The Morgan fingerprint density at radius 1 is 1.30 bits per heavy atom. The molecule has 1 fully saturated rings. The van der Waals surface area contributed by atoms with Crippen LogP contribution in [0.5, 0.6) is 5.75 Å². The normalized spacial score (nSPS) is 19.1. The average Bonchev–Trinajstić information content (AvgIpc) is 2.83. The lowest BCUT2D eigenvalue weighted by Crippen LogP contribution is -2.36. The van der Waals surface area contributed by atoms with Crippen LogP contribution in [0.1, 0.15) is 25.0 Å². The minimum absolute atomic E-state index is 0.299. The average molecular weight is 271 g/mol. The third-order valence-electron chi connectivity index (χ3n) is 4.09. The number of benzene rings is 1. The van der Waals surface area contributed by atoms with Crippen molar-refractivity contribution in [1.82, 2.24) is 15.1 Å². The summed E-state index contributed by atoms with van der Waals surface area (Å²) < 4.78 is 1.97. The molecule has 4 nitrogen and oxygen atoms in total. The number of aromatic nitrogens is 2. The maximum absolute atomic E-state index is 9.41. The van der Waals surface area contributed by atoms with Gasteiger partial charge in [0.05, 0.1) is 6.20 Å². The van der Waals surface area contributed by atoms with Crippen LogP contribution in [0.15, 0.2) is 30.5 Å². The predicted molar refractivity (Wildman–Crippen MR) is 79.7 cm³/mol. The SMILES string of the molecule is Cn1ncc(-c2ccc(O)cc2)c1CC1CCCCN1. The van der Waals surface area contributed by atoms with E-state index in [1.807, 2.05) is 30.1 Å². The molecule has 1 saturated heterocycles. The van der Waals surface area contributed by atoms with Crippen molar-refractivity contribution in [2.75, 3.05) is 6.54 Å². The summed E-state index contributed by atoms with van der Waals surface area (Å²) in [5, 5.41) is 17.4. The molecule has 2 heterocycles. The van der Waals surface area contributed by atoms with E-state index in [0.717, 1.165) is 18.5 Å². The van der Waals surface area contributed by atoms with E-state index < -0.39 is 0 Å². The molecular formula is C16H21N3O. The molecule has 1 atom stereocenters. The molecule has 1 aromatic carbocycles. The van der Waals surface area contributed by atoms with Crippen LogP contribution < -0.4 is 5.32 Å². The molecule has 1 unspecified atom stereocenters. The maximum Gasteiger partial charge on any atom is 0.115 e. The van der Waals surface area contributed by atoms with Gasteiger partial charge in [-0.25, -0.2) is 0 Å². The minimum atomic E-state index is 0.299. The molecule has 2 N–H and O–H groups in total. The van der Waals surface area contributed by atoms with Crippen molar-refractivity contribution >= 4 is 0 Å². The molecule has 3 rings (SSSR count). The van der Waals surface area contributed by atoms with Gasteiger partial charge >= 0.3 is 0 Å². The zero-order valence-electron chi connectivity index (χ0n) is 11.8. The molecule has 0 bridgehead atoms. The lowest BCUT2D eigenvalue weighted by molar-refractivity contribution is 0.393. The van der Waals surface area contributed by atoms with Crippen molar-refractivity contribution in [1.29, 1.82) is 0 Å². The Balaban J connectivity index is 1.86. The lowest BCUT2D eigenvalue weighted by atomic mass is 9.97. The van der Waals surface area contributed by atoms with Gasteiger partial charge in [0.2, 0.25) is 0 Å². The number of aryl methyl sites for hydroxylation is 1. The number of hydrogen-bond donors (Lipinski definition) is 2. The number of nitrogens with zero attached hydrogens (tertiary/aromatic N) is 2. The number of piperidine rings is 1. The van der Waals surface area contributed by atoms with Crippen molar-refractivity contribution in [3.05, 3.63) is 36.2 Å². The van der Waals surface area contributed by atoms with Gasteiger partial charge in [0.25, 0.3) is 0 Å². The van der Waals surface area contributed by atoms with Gasteiger partial charge < -0.3 is 10.4 Å². The standard InChI is InChI=1S/C16H21N3O/c1-19-16(10-13-4-2-3-9-17-13)15(11-18-19)12-5-7-14(20)8-6-12/h5-8,11,13,17,20H,2-4,9-10H2,1H3. The zero-order chi connectivity index (χ0) is 13.9. The highest BCUT2D eigenvalue weighted by molar-refractivity contribution is 5.66. The molecule has 0 radical (unpaired) electrons. The molecule has 2 aromatic rings. The van der Waals surface area contributed by atoms with Crippen LogP contribution in [0.3, 0.4) is 0 Å². The first-order chi connectivity index (χ1) is 9.74. The summed E-state index contributed by atoms with van der Waals surface area (Å²) in [6.07, 6.45) is 6.76. The highest BCUT2D eigenvalue weighted by atomic mass is 16.3. The third-order valence-corrected chi connectivity index (χ3v) is 4.09. The molecule has 20 heavy (non-hydrogen) atoms. The number of phenols is 1. The van der Waals surface area contributed by atoms with Gasteiger partial charge in [0.1, 0.15) is 5.75 Å². The molecule has 1 aliphatic rings. The second kappa shape index (κ2) is 5.67. The molecule has 0 aliphatic carbocycles. The fourth-order valence-electron chi connectivity index (χ4n) is 2.92. The van der Waals surface area contributed by atoms with Crippen molar-refractivity contribution < 1.29 is 5.11 Å². The quantitative estimate of drug-likeness (QED) is 0.901. The molecule has 0 saturated carbocycles. The highest BCUT2D eigenvalue weighted by Crippen LogP contribution is 2.26. The summed E-state index contributed by atoms with van der Waals surface area (Å²) in [5.74, 6) is 0.299. The summed E-state index contributed by atoms with van der Waals surface area (Å²) in [4.78, 5) is 0. The van der Waals surface area contributed by atoms with Crippen LogP contribution in [0, 0.1) is 0 Å². The van der Waals surface area contributed by atoms with Crippen molar-refractivity contribution in [3.63, 3.8) is 0 Å². The molecule has 4 heteroatoms. The number of aromatic hydroxyl groups is 1. The Labute approximate surface area is 119 Å². The summed E-state index contributed by atoms with van der Waals surface area (Å²) >= 11 is 0. The van der Waals surface area contributed by atoms with Gasteiger partial charge in [-0.3, -0.25) is 4.68 Å². The van der Waals surface area contributed by atoms with Crippen LogP contribution >= 0.6 is 0 Å². The first-order valence-electron chi connectivity index (χ1n) is 7.27. The third kappa shape index (κ3) is 2.70. The fourth-order valence-corrected chi connectivity index (χ4v) is 2.92. The summed E-state index contributed by atoms with van der Waals surface area (Å²) in [6, 6.07) is 7.90. The molecule has 0 amide bonds. The smallest absolute Gasteiger partial charge is 0.115 e.